The predicted molar refractivity (Wildman–Crippen MR) is 142 cm³/mol. The molecule has 0 unspecified atom stereocenters. The molecule has 1 aromatic heterocycles. The number of rotatable bonds is 6. The molecule has 0 atom stereocenters. The Morgan fingerprint density at radius 2 is 1.94 bits per heavy atom. The molecule has 1 aliphatic heterocycles. The van der Waals surface area contributed by atoms with Gasteiger partial charge in [0.1, 0.15) is 10.0 Å². The lowest BCUT2D eigenvalue weighted by Gasteiger charge is -2.29. The second-order valence-corrected chi connectivity index (χ2v) is 10.3. The topological polar surface area (TPSA) is 47.4 Å². The average Bonchev–Trinajstić information content (AvgIpc) is 3.42. The van der Waals surface area contributed by atoms with Crippen LogP contribution in [0.3, 0.4) is 0 Å². The van der Waals surface area contributed by atoms with Crippen molar-refractivity contribution in [3.8, 4) is 22.7 Å². The van der Waals surface area contributed by atoms with Gasteiger partial charge in [0.2, 0.25) is 0 Å². The quantitative estimate of drug-likeness (QED) is 0.278. The maximum absolute atomic E-state index is 14.7. The Labute approximate surface area is 214 Å². The first kappa shape index (κ1) is 23.8. The number of para-hydroxylation sites is 1. The summed E-state index contributed by atoms with van der Waals surface area (Å²) in [6, 6.07) is 14.7. The summed E-state index contributed by atoms with van der Waals surface area (Å²) in [6.07, 6.45) is 9.13. The van der Waals surface area contributed by atoms with Gasteiger partial charge in [-0.05, 0) is 56.2 Å². The smallest absolute Gasteiger partial charge is 0.266 e. The number of ether oxygens (including phenoxy) is 1. The minimum atomic E-state index is -0.451. The molecule has 5 nitrogen and oxygen atoms in total. The van der Waals surface area contributed by atoms with Crippen LogP contribution in [0.2, 0.25) is 0 Å². The fraction of sp³-hybridized carbons (Fsp3) is 0.296. The molecule has 0 bridgehead atoms. The van der Waals surface area contributed by atoms with Crippen molar-refractivity contribution >= 4 is 40.3 Å². The number of nitrogens with zero attached hydrogens (tertiary/aromatic N) is 3. The number of aromatic nitrogens is 2. The predicted octanol–water partition coefficient (Wildman–Crippen LogP) is 6.61. The van der Waals surface area contributed by atoms with Gasteiger partial charge in [-0.2, -0.15) is 5.10 Å². The van der Waals surface area contributed by atoms with Crippen LogP contribution in [-0.4, -0.2) is 37.6 Å². The highest BCUT2D eigenvalue weighted by molar-refractivity contribution is 8.26. The van der Waals surface area contributed by atoms with Crippen molar-refractivity contribution < 1.29 is 13.9 Å². The van der Waals surface area contributed by atoms with Gasteiger partial charge in [0, 0.05) is 23.4 Å². The second kappa shape index (κ2) is 10.3. The molecule has 35 heavy (non-hydrogen) atoms. The van der Waals surface area contributed by atoms with E-state index in [-0.39, 0.29) is 17.7 Å². The number of thiocarbonyl (C=S) groups is 1. The fourth-order valence-electron chi connectivity index (χ4n) is 4.63. The Morgan fingerprint density at radius 1 is 1.17 bits per heavy atom. The van der Waals surface area contributed by atoms with E-state index in [2.05, 4.69) is 0 Å². The van der Waals surface area contributed by atoms with Crippen LogP contribution in [0.15, 0.2) is 59.6 Å². The Balaban J connectivity index is 1.54. The average molecular weight is 508 g/mol. The third kappa shape index (κ3) is 4.90. The monoisotopic (exact) mass is 507 g/mol. The Kier molecular flexibility index (Phi) is 7.02. The molecule has 1 aliphatic carbocycles. The van der Waals surface area contributed by atoms with Crippen LogP contribution >= 0.6 is 24.0 Å². The van der Waals surface area contributed by atoms with E-state index in [9.17, 15) is 9.18 Å². The van der Waals surface area contributed by atoms with Gasteiger partial charge in [-0.1, -0.05) is 61.4 Å². The minimum Gasteiger partial charge on any atom is -0.491 e. The summed E-state index contributed by atoms with van der Waals surface area (Å²) in [5.74, 6) is -0.301. The Morgan fingerprint density at radius 3 is 2.66 bits per heavy atom. The van der Waals surface area contributed by atoms with Gasteiger partial charge in [0.15, 0.2) is 11.6 Å². The number of halogens is 1. The van der Waals surface area contributed by atoms with E-state index in [1.807, 2.05) is 49.5 Å². The number of amides is 1. The zero-order valence-electron chi connectivity index (χ0n) is 19.4. The molecule has 2 aromatic carbocycles. The number of benzene rings is 2. The van der Waals surface area contributed by atoms with Crippen LogP contribution in [0.5, 0.6) is 5.75 Å². The molecular formula is C27H26FN3O2S2. The fourth-order valence-corrected chi connectivity index (χ4v) is 6.02. The molecule has 1 amide bonds. The summed E-state index contributed by atoms with van der Waals surface area (Å²) in [5, 5.41) is 4.76. The molecule has 0 spiro atoms. The van der Waals surface area contributed by atoms with Crippen molar-refractivity contribution in [2.24, 2.45) is 0 Å². The molecule has 0 N–H and O–H groups in total. The van der Waals surface area contributed by atoms with E-state index < -0.39 is 5.82 Å². The van der Waals surface area contributed by atoms with Crippen LogP contribution in [0.4, 0.5) is 4.39 Å². The highest BCUT2D eigenvalue weighted by Crippen LogP contribution is 2.38. The summed E-state index contributed by atoms with van der Waals surface area (Å²) in [5.41, 5.74) is 2.78. The van der Waals surface area contributed by atoms with Gasteiger partial charge < -0.3 is 4.74 Å². The third-order valence-electron chi connectivity index (χ3n) is 6.32. The molecule has 180 valence electrons. The molecule has 0 radical (unpaired) electrons. The van der Waals surface area contributed by atoms with E-state index in [1.165, 1.54) is 24.2 Å². The molecule has 5 rings (SSSR count). The van der Waals surface area contributed by atoms with Gasteiger partial charge in [-0.15, -0.1) is 0 Å². The summed E-state index contributed by atoms with van der Waals surface area (Å²) in [4.78, 5) is 15.7. The lowest BCUT2D eigenvalue weighted by molar-refractivity contribution is -0.124. The van der Waals surface area contributed by atoms with Gasteiger partial charge in [0.25, 0.3) is 5.91 Å². The lowest BCUT2D eigenvalue weighted by Crippen LogP contribution is -2.39. The third-order valence-corrected chi connectivity index (χ3v) is 7.65. The number of thioether (sulfide) groups is 1. The van der Waals surface area contributed by atoms with E-state index in [1.54, 1.807) is 21.7 Å². The minimum absolute atomic E-state index is 0.0526. The van der Waals surface area contributed by atoms with Gasteiger partial charge >= 0.3 is 0 Å². The van der Waals surface area contributed by atoms with Crippen LogP contribution in [0.25, 0.3) is 23.0 Å². The van der Waals surface area contributed by atoms with E-state index in [0.29, 0.717) is 27.1 Å². The number of hydrogen-bond acceptors (Lipinski definition) is 5. The molecule has 3 aromatic rings. The van der Waals surface area contributed by atoms with E-state index >= 15 is 0 Å². The highest BCUT2D eigenvalue weighted by atomic mass is 32.2. The Hall–Kier alpha value is -2.97. The maximum atomic E-state index is 14.7. The highest BCUT2D eigenvalue weighted by Gasteiger charge is 2.37. The molecule has 8 heteroatoms. The van der Waals surface area contributed by atoms with Crippen molar-refractivity contribution in [2.45, 2.75) is 45.1 Å². The van der Waals surface area contributed by atoms with E-state index in [4.69, 9.17) is 22.1 Å². The second-order valence-electron chi connectivity index (χ2n) is 8.63. The maximum Gasteiger partial charge on any atom is 0.266 e. The van der Waals surface area contributed by atoms with E-state index in [0.717, 1.165) is 36.9 Å². The summed E-state index contributed by atoms with van der Waals surface area (Å²) >= 11 is 6.93. The van der Waals surface area contributed by atoms with Crippen molar-refractivity contribution in [2.75, 3.05) is 6.61 Å². The Bertz CT molecular complexity index is 1280. The van der Waals surface area contributed by atoms with Crippen molar-refractivity contribution in [1.82, 2.24) is 14.7 Å². The van der Waals surface area contributed by atoms with Crippen LogP contribution in [0, 0.1) is 5.82 Å². The molecule has 2 heterocycles. The molecule has 2 aliphatic rings. The van der Waals surface area contributed by atoms with Crippen molar-refractivity contribution in [3.63, 3.8) is 0 Å². The van der Waals surface area contributed by atoms with Crippen LogP contribution < -0.4 is 4.74 Å². The standard InChI is InChI=1S/C27H26FN3O2S2/c1-2-33-23-14-13-18(15-22(23)28)25-19(17-30(29-25)20-9-5-3-6-10-20)16-24-26(32)31(27(34)35-24)21-11-7-4-8-12-21/h3,5-6,9-10,13-17,21H,2,4,7-8,11-12H2,1H3. The number of carbonyl (C=O) groups is 1. The summed E-state index contributed by atoms with van der Waals surface area (Å²) < 4.78 is 22.4. The first-order chi connectivity index (χ1) is 17.0. The van der Waals surface area contributed by atoms with Gasteiger partial charge in [0.05, 0.1) is 17.2 Å². The molecule has 1 saturated heterocycles. The zero-order valence-corrected chi connectivity index (χ0v) is 21.1. The largest absolute Gasteiger partial charge is 0.491 e. The number of carbonyl (C=O) groups excluding carboxylic acids is 1. The van der Waals surface area contributed by atoms with Gasteiger partial charge in [-0.25, -0.2) is 9.07 Å². The molecule has 2 fully saturated rings. The normalized spacial score (nSPS) is 18.0. The SMILES string of the molecule is CCOc1ccc(-c2nn(-c3ccccc3)cc2C=C2SC(=S)N(C3CCCCC3)C2=O)cc1F. The summed E-state index contributed by atoms with van der Waals surface area (Å²) in [6.45, 7) is 2.20. The molecule has 1 saturated carbocycles. The van der Waals surface area contributed by atoms with Gasteiger partial charge in [-0.3, -0.25) is 9.69 Å². The molecular weight excluding hydrogens is 481 g/mol. The first-order valence-corrected chi connectivity index (χ1v) is 13.1. The zero-order chi connectivity index (χ0) is 24.4. The lowest BCUT2D eigenvalue weighted by atomic mass is 9.94. The van der Waals surface area contributed by atoms with Crippen LogP contribution in [0.1, 0.15) is 44.6 Å². The first-order valence-electron chi connectivity index (χ1n) is 11.9. The number of hydrogen-bond donors (Lipinski definition) is 0. The summed E-state index contributed by atoms with van der Waals surface area (Å²) in [7, 11) is 0. The van der Waals surface area contributed by atoms with Crippen molar-refractivity contribution in [3.05, 3.63) is 71.0 Å². The van der Waals surface area contributed by atoms with Crippen molar-refractivity contribution in [1.29, 1.82) is 0 Å². The van der Waals surface area contributed by atoms with Crippen LogP contribution in [-0.2, 0) is 4.79 Å².